The van der Waals surface area contributed by atoms with Crippen LogP contribution in [0.1, 0.15) is 43.7 Å². The minimum Gasteiger partial charge on any atom is -0.497 e. The molecule has 7 nitrogen and oxygen atoms in total. The molecule has 1 N–H and O–H groups in total. The Morgan fingerprint density at radius 3 is 2.71 bits per heavy atom. The Kier molecular flexibility index (Phi) is 7.30. The summed E-state index contributed by atoms with van der Waals surface area (Å²) in [4.78, 5) is 12.4. The van der Waals surface area contributed by atoms with E-state index in [9.17, 15) is 4.79 Å². The summed E-state index contributed by atoms with van der Waals surface area (Å²) in [5.41, 5.74) is 1.16. The van der Waals surface area contributed by atoms with Crippen LogP contribution in [-0.4, -0.2) is 40.1 Å². The number of rotatable bonds is 9. The Hall–Kier alpha value is -2.74. The molecule has 3 aromatic rings. The highest BCUT2D eigenvalue weighted by Crippen LogP contribution is 2.35. The molecule has 0 saturated heterocycles. The van der Waals surface area contributed by atoms with Crippen LogP contribution in [0.15, 0.2) is 52.2 Å². The van der Waals surface area contributed by atoms with Gasteiger partial charge in [0, 0.05) is 12.6 Å². The van der Waals surface area contributed by atoms with Crippen molar-refractivity contribution in [1.82, 2.24) is 20.1 Å². The fraction of sp³-hybridized carbons (Fsp3) is 0.435. The van der Waals surface area contributed by atoms with Gasteiger partial charge in [-0.05, 0) is 49.1 Å². The molecule has 2 aromatic heterocycles. The predicted octanol–water partition coefficient (Wildman–Crippen LogP) is 4.50. The summed E-state index contributed by atoms with van der Waals surface area (Å²) in [5, 5.41) is 12.5. The fourth-order valence-corrected chi connectivity index (χ4v) is 4.77. The molecule has 0 spiro atoms. The maximum atomic E-state index is 12.4. The van der Waals surface area contributed by atoms with Gasteiger partial charge in [-0.15, -0.1) is 10.2 Å². The van der Waals surface area contributed by atoms with Crippen LogP contribution in [0.4, 0.5) is 0 Å². The van der Waals surface area contributed by atoms with Gasteiger partial charge in [-0.2, -0.15) is 0 Å². The van der Waals surface area contributed by atoms with E-state index in [0.717, 1.165) is 41.6 Å². The Labute approximate surface area is 186 Å². The molecule has 0 unspecified atom stereocenters. The zero-order valence-corrected chi connectivity index (χ0v) is 18.6. The normalized spacial score (nSPS) is 14.5. The number of nitrogens with one attached hydrogen (secondary N) is 1. The molecule has 1 fully saturated rings. The van der Waals surface area contributed by atoms with Crippen molar-refractivity contribution in [2.24, 2.45) is 0 Å². The third-order valence-corrected chi connectivity index (χ3v) is 6.52. The first kappa shape index (κ1) is 21.5. The average molecular weight is 441 g/mol. The van der Waals surface area contributed by atoms with Gasteiger partial charge in [-0.3, -0.25) is 9.36 Å². The number of ether oxygens (including phenoxy) is 1. The minimum atomic E-state index is -0.00347. The van der Waals surface area contributed by atoms with E-state index in [1.54, 1.807) is 13.4 Å². The van der Waals surface area contributed by atoms with E-state index in [1.165, 1.54) is 31.0 Å². The molecule has 0 bridgehead atoms. The zero-order chi connectivity index (χ0) is 21.5. The zero-order valence-electron chi connectivity index (χ0n) is 17.8. The van der Waals surface area contributed by atoms with Crippen molar-refractivity contribution < 1.29 is 13.9 Å². The van der Waals surface area contributed by atoms with Crippen LogP contribution in [-0.2, 0) is 11.2 Å². The van der Waals surface area contributed by atoms with Gasteiger partial charge in [-0.25, -0.2) is 0 Å². The highest BCUT2D eigenvalue weighted by Gasteiger charge is 2.25. The number of methoxy groups -OCH3 is 1. The summed E-state index contributed by atoms with van der Waals surface area (Å²) >= 11 is 1.44. The van der Waals surface area contributed by atoms with Crippen molar-refractivity contribution in [3.8, 4) is 17.3 Å². The number of carbonyl (C=O) groups excluding carboxylic acids is 1. The first-order chi connectivity index (χ1) is 15.2. The molecule has 0 aliphatic heterocycles. The monoisotopic (exact) mass is 440 g/mol. The lowest BCUT2D eigenvalue weighted by molar-refractivity contribution is -0.118. The van der Waals surface area contributed by atoms with Gasteiger partial charge in [-0.1, -0.05) is 43.2 Å². The van der Waals surface area contributed by atoms with Gasteiger partial charge in [0.1, 0.15) is 5.75 Å². The topological polar surface area (TPSA) is 82.2 Å². The molecule has 1 aromatic carbocycles. The minimum absolute atomic E-state index is 0.00347. The third-order valence-electron chi connectivity index (χ3n) is 5.57. The number of furan rings is 1. The lowest BCUT2D eigenvalue weighted by atomic mass is 9.95. The van der Waals surface area contributed by atoms with Crippen molar-refractivity contribution in [1.29, 1.82) is 0 Å². The van der Waals surface area contributed by atoms with Crippen LogP contribution < -0.4 is 10.1 Å². The Balaban J connectivity index is 1.34. The number of amides is 1. The van der Waals surface area contributed by atoms with E-state index in [-0.39, 0.29) is 5.91 Å². The molecule has 164 valence electrons. The summed E-state index contributed by atoms with van der Waals surface area (Å²) in [6, 6.07) is 12.0. The molecule has 8 heteroatoms. The number of carbonyl (C=O) groups is 1. The average Bonchev–Trinajstić information content (AvgIpc) is 3.48. The van der Waals surface area contributed by atoms with E-state index < -0.39 is 0 Å². The Bertz CT molecular complexity index is 963. The van der Waals surface area contributed by atoms with Crippen molar-refractivity contribution in [2.75, 3.05) is 19.4 Å². The summed E-state index contributed by atoms with van der Waals surface area (Å²) in [6.07, 6.45) is 8.32. The predicted molar refractivity (Wildman–Crippen MR) is 120 cm³/mol. The number of nitrogens with zero attached hydrogens (tertiary/aromatic N) is 3. The van der Waals surface area contributed by atoms with Gasteiger partial charge >= 0.3 is 0 Å². The molecule has 4 rings (SSSR count). The van der Waals surface area contributed by atoms with Crippen molar-refractivity contribution in [3.05, 3.63) is 48.2 Å². The second-order valence-corrected chi connectivity index (χ2v) is 8.62. The van der Waals surface area contributed by atoms with Crippen LogP contribution in [0.5, 0.6) is 5.75 Å². The van der Waals surface area contributed by atoms with Crippen LogP contribution >= 0.6 is 11.8 Å². The highest BCUT2D eigenvalue weighted by molar-refractivity contribution is 7.99. The van der Waals surface area contributed by atoms with Crippen LogP contribution in [0.3, 0.4) is 0 Å². The molecule has 0 atom stereocenters. The fourth-order valence-electron chi connectivity index (χ4n) is 3.94. The van der Waals surface area contributed by atoms with E-state index in [2.05, 4.69) is 20.1 Å². The number of hydrogen-bond acceptors (Lipinski definition) is 6. The smallest absolute Gasteiger partial charge is 0.230 e. The van der Waals surface area contributed by atoms with Crippen molar-refractivity contribution in [3.63, 3.8) is 0 Å². The Morgan fingerprint density at radius 1 is 1.19 bits per heavy atom. The van der Waals surface area contributed by atoms with E-state index in [0.29, 0.717) is 24.1 Å². The summed E-state index contributed by atoms with van der Waals surface area (Å²) in [5.74, 6) is 2.61. The van der Waals surface area contributed by atoms with E-state index in [1.807, 2.05) is 36.4 Å². The Morgan fingerprint density at radius 2 is 2.00 bits per heavy atom. The first-order valence-corrected chi connectivity index (χ1v) is 11.7. The van der Waals surface area contributed by atoms with Gasteiger partial charge in [0.15, 0.2) is 10.9 Å². The molecule has 1 aliphatic rings. The second kappa shape index (κ2) is 10.5. The first-order valence-electron chi connectivity index (χ1n) is 10.8. The maximum absolute atomic E-state index is 12.4. The molecule has 1 amide bonds. The summed E-state index contributed by atoms with van der Waals surface area (Å²) < 4.78 is 12.9. The molecule has 1 saturated carbocycles. The number of aromatic nitrogens is 3. The van der Waals surface area contributed by atoms with E-state index in [4.69, 9.17) is 9.15 Å². The van der Waals surface area contributed by atoms with Gasteiger partial charge in [0.05, 0.1) is 19.1 Å². The van der Waals surface area contributed by atoms with Crippen LogP contribution in [0.25, 0.3) is 11.6 Å². The molecule has 1 aliphatic carbocycles. The van der Waals surface area contributed by atoms with Gasteiger partial charge in [0.2, 0.25) is 11.7 Å². The SMILES string of the molecule is COc1ccc(CCNC(=O)CSc2nnc(-c3ccco3)n2C2CCCCC2)cc1. The number of hydrogen-bond donors (Lipinski definition) is 1. The molecular formula is C23H28N4O3S. The van der Waals surface area contributed by atoms with Gasteiger partial charge < -0.3 is 14.5 Å². The van der Waals surface area contributed by atoms with E-state index >= 15 is 0 Å². The lowest BCUT2D eigenvalue weighted by Crippen LogP contribution is -2.27. The van der Waals surface area contributed by atoms with Crippen molar-refractivity contribution >= 4 is 17.7 Å². The molecule has 31 heavy (non-hydrogen) atoms. The molecule has 2 heterocycles. The number of thioether (sulfide) groups is 1. The molecule has 0 radical (unpaired) electrons. The summed E-state index contributed by atoms with van der Waals surface area (Å²) in [6.45, 7) is 0.596. The van der Waals surface area contributed by atoms with Crippen molar-refractivity contribution in [2.45, 2.75) is 49.7 Å². The standard InChI is InChI=1S/C23H28N4O3S/c1-29-19-11-9-17(10-12-19)13-14-24-21(28)16-31-23-26-25-22(20-8-5-15-30-20)27(23)18-6-3-2-4-7-18/h5,8-12,15,18H,2-4,6-7,13-14,16H2,1H3,(H,24,28). The number of benzene rings is 1. The van der Waals surface area contributed by atoms with Crippen LogP contribution in [0.2, 0.25) is 0 Å². The summed E-state index contributed by atoms with van der Waals surface area (Å²) in [7, 11) is 1.65. The third kappa shape index (κ3) is 5.50. The van der Waals surface area contributed by atoms with Crippen LogP contribution in [0, 0.1) is 0 Å². The second-order valence-electron chi connectivity index (χ2n) is 7.68. The highest BCUT2D eigenvalue weighted by atomic mass is 32.2. The maximum Gasteiger partial charge on any atom is 0.230 e. The largest absolute Gasteiger partial charge is 0.497 e. The lowest BCUT2D eigenvalue weighted by Gasteiger charge is -2.25. The quantitative estimate of drug-likeness (QED) is 0.493. The van der Waals surface area contributed by atoms with Gasteiger partial charge in [0.25, 0.3) is 0 Å². The molecular weight excluding hydrogens is 412 g/mol.